The van der Waals surface area contributed by atoms with Crippen molar-refractivity contribution >= 4 is 16.9 Å². The number of hydrogen-bond donors (Lipinski definition) is 0. The highest BCUT2D eigenvalue weighted by Gasteiger charge is 2.26. The van der Waals surface area contributed by atoms with E-state index in [4.69, 9.17) is 4.42 Å². The summed E-state index contributed by atoms with van der Waals surface area (Å²) in [6, 6.07) is 6.17. The van der Waals surface area contributed by atoms with Gasteiger partial charge in [0, 0.05) is 35.7 Å². The van der Waals surface area contributed by atoms with Gasteiger partial charge in [0.25, 0.3) is 0 Å². The number of carbonyl (C=O) groups excluding carboxylic acids is 1. The number of aromatic nitrogens is 2. The maximum absolute atomic E-state index is 12.8. The average molecular weight is 335 g/mol. The summed E-state index contributed by atoms with van der Waals surface area (Å²) in [5.41, 5.74) is 5.06. The van der Waals surface area contributed by atoms with E-state index >= 15 is 0 Å². The molecule has 3 aromatic rings. The van der Waals surface area contributed by atoms with Crippen LogP contribution in [0, 0.1) is 0 Å². The summed E-state index contributed by atoms with van der Waals surface area (Å²) in [5, 5.41) is 1.04. The number of nitrogens with zero attached hydrogens (tertiary/aromatic N) is 3. The van der Waals surface area contributed by atoms with Gasteiger partial charge in [-0.25, -0.2) is 9.97 Å². The molecule has 0 atom stereocenters. The van der Waals surface area contributed by atoms with Crippen LogP contribution in [0.2, 0.25) is 0 Å². The lowest BCUT2D eigenvalue weighted by Crippen LogP contribution is -2.26. The van der Waals surface area contributed by atoms with Crippen molar-refractivity contribution in [2.45, 2.75) is 46.2 Å². The van der Waals surface area contributed by atoms with Gasteiger partial charge in [-0.2, -0.15) is 0 Å². The van der Waals surface area contributed by atoms with Crippen molar-refractivity contribution in [3.63, 3.8) is 0 Å². The summed E-state index contributed by atoms with van der Waals surface area (Å²) < 4.78 is 5.61. The van der Waals surface area contributed by atoms with Gasteiger partial charge < -0.3 is 9.32 Å². The van der Waals surface area contributed by atoms with Crippen LogP contribution in [0.25, 0.3) is 11.0 Å². The molecule has 0 saturated carbocycles. The molecule has 5 nitrogen and oxygen atoms in total. The van der Waals surface area contributed by atoms with E-state index in [2.05, 4.69) is 29.0 Å². The molecule has 2 aromatic heterocycles. The first-order valence-electron chi connectivity index (χ1n) is 8.78. The zero-order valence-corrected chi connectivity index (χ0v) is 14.6. The number of carbonyl (C=O) groups is 1. The molecular formula is C20H21N3O2. The minimum absolute atomic E-state index is 0.0978. The summed E-state index contributed by atoms with van der Waals surface area (Å²) >= 11 is 0. The first-order valence-corrected chi connectivity index (χ1v) is 8.78. The van der Waals surface area contributed by atoms with Gasteiger partial charge >= 0.3 is 0 Å². The van der Waals surface area contributed by atoms with E-state index < -0.39 is 0 Å². The van der Waals surface area contributed by atoms with Crippen LogP contribution in [0.5, 0.6) is 0 Å². The Labute approximate surface area is 146 Å². The van der Waals surface area contributed by atoms with Crippen LogP contribution in [-0.4, -0.2) is 20.8 Å². The smallest absolute Gasteiger partial charge is 0.227 e. The average Bonchev–Trinajstić information content (AvgIpc) is 3.24. The molecule has 25 heavy (non-hydrogen) atoms. The number of benzene rings is 1. The fourth-order valence-electron chi connectivity index (χ4n) is 3.30. The highest BCUT2D eigenvalue weighted by Crippen LogP contribution is 2.26. The second-order valence-corrected chi connectivity index (χ2v) is 6.48. The van der Waals surface area contributed by atoms with Crippen LogP contribution in [-0.2, 0) is 37.1 Å². The Bertz CT molecular complexity index is 945. The van der Waals surface area contributed by atoms with Gasteiger partial charge in [-0.1, -0.05) is 19.9 Å². The van der Waals surface area contributed by atoms with Crippen molar-refractivity contribution in [3.8, 4) is 0 Å². The van der Waals surface area contributed by atoms with Crippen molar-refractivity contribution < 1.29 is 9.21 Å². The zero-order chi connectivity index (χ0) is 17.4. The van der Waals surface area contributed by atoms with Crippen LogP contribution < -0.4 is 0 Å². The molecule has 0 saturated heterocycles. The van der Waals surface area contributed by atoms with E-state index in [0.29, 0.717) is 19.5 Å². The van der Waals surface area contributed by atoms with Crippen LogP contribution in [0.4, 0.5) is 0 Å². The summed E-state index contributed by atoms with van der Waals surface area (Å²) in [4.78, 5) is 23.5. The summed E-state index contributed by atoms with van der Waals surface area (Å²) in [6.45, 7) is 5.32. The third kappa shape index (κ3) is 2.90. The third-order valence-corrected chi connectivity index (χ3v) is 4.84. The molecular weight excluding hydrogens is 314 g/mol. The fraction of sp³-hybridized carbons (Fsp3) is 0.350. The Hall–Kier alpha value is -2.69. The van der Waals surface area contributed by atoms with Gasteiger partial charge in [-0.05, 0) is 24.1 Å². The first-order chi connectivity index (χ1) is 12.2. The van der Waals surface area contributed by atoms with Gasteiger partial charge in [0.2, 0.25) is 5.91 Å². The molecule has 1 amide bonds. The van der Waals surface area contributed by atoms with Gasteiger partial charge in [0.1, 0.15) is 11.4 Å². The Morgan fingerprint density at radius 3 is 2.92 bits per heavy atom. The Morgan fingerprint density at radius 1 is 1.24 bits per heavy atom. The van der Waals surface area contributed by atoms with Crippen LogP contribution in [0.15, 0.2) is 35.1 Å². The topological polar surface area (TPSA) is 59.2 Å². The molecule has 0 radical (unpaired) electrons. The van der Waals surface area contributed by atoms with Crippen molar-refractivity contribution in [2.75, 3.05) is 0 Å². The van der Waals surface area contributed by atoms with E-state index in [-0.39, 0.29) is 5.91 Å². The molecule has 0 spiro atoms. The molecule has 0 fully saturated rings. The maximum atomic E-state index is 12.8. The summed E-state index contributed by atoms with van der Waals surface area (Å²) in [5.74, 6) is 0.932. The number of fused-ring (bicyclic) bond motifs is 2. The molecule has 1 aromatic carbocycles. The molecule has 0 aliphatic carbocycles. The fourth-order valence-corrected chi connectivity index (χ4v) is 3.30. The maximum Gasteiger partial charge on any atom is 0.227 e. The van der Waals surface area contributed by atoms with Gasteiger partial charge in [0.05, 0.1) is 24.9 Å². The largest absolute Gasteiger partial charge is 0.464 e. The van der Waals surface area contributed by atoms with Crippen LogP contribution in [0.3, 0.4) is 0 Å². The predicted octanol–water partition coefficient (Wildman–Crippen LogP) is 3.43. The SMILES string of the molecule is CCc1ccc2occ(CC(=O)N3Cc4cnc(CC)nc4C3)c2c1. The summed E-state index contributed by atoms with van der Waals surface area (Å²) in [7, 11) is 0. The van der Waals surface area contributed by atoms with Crippen molar-refractivity contribution in [3.05, 3.63) is 58.9 Å². The number of amides is 1. The lowest BCUT2D eigenvalue weighted by Gasteiger charge is -2.14. The van der Waals surface area contributed by atoms with Crippen LogP contribution >= 0.6 is 0 Å². The van der Waals surface area contributed by atoms with Crippen molar-refractivity contribution in [2.24, 2.45) is 0 Å². The first kappa shape index (κ1) is 15.8. The van der Waals surface area contributed by atoms with Crippen molar-refractivity contribution in [1.29, 1.82) is 0 Å². The van der Waals surface area contributed by atoms with E-state index in [0.717, 1.165) is 46.5 Å². The Kier molecular flexibility index (Phi) is 3.99. The van der Waals surface area contributed by atoms with Gasteiger partial charge in [0.15, 0.2) is 0 Å². The normalized spacial score (nSPS) is 13.4. The van der Waals surface area contributed by atoms with Crippen LogP contribution in [0.1, 0.15) is 42.1 Å². The number of furan rings is 1. The van der Waals surface area contributed by atoms with Gasteiger partial charge in [-0.15, -0.1) is 0 Å². The molecule has 5 heteroatoms. The summed E-state index contributed by atoms with van der Waals surface area (Å²) in [6.07, 6.45) is 5.69. The lowest BCUT2D eigenvalue weighted by atomic mass is 10.1. The molecule has 3 heterocycles. The second kappa shape index (κ2) is 6.31. The van der Waals surface area contributed by atoms with E-state index in [1.165, 1.54) is 5.56 Å². The highest BCUT2D eigenvalue weighted by molar-refractivity contribution is 5.88. The molecule has 128 valence electrons. The molecule has 0 unspecified atom stereocenters. The second-order valence-electron chi connectivity index (χ2n) is 6.48. The quantitative estimate of drug-likeness (QED) is 0.733. The molecule has 0 bridgehead atoms. The lowest BCUT2D eigenvalue weighted by molar-refractivity contribution is -0.131. The predicted molar refractivity (Wildman–Crippen MR) is 95.0 cm³/mol. The van der Waals surface area contributed by atoms with E-state index in [1.807, 2.05) is 24.1 Å². The molecule has 4 rings (SSSR count). The third-order valence-electron chi connectivity index (χ3n) is 4.84. The van der Waals surface area contributed by atoms with Crippen molar-refractivity contribution in [1.82, 2.24) is 14.9 Å². The Morgan fingerprint density at radius 2 is 2.12 bits per heavy atom. The van der Waals surface area contributed by atoms with E-state index in [9.17, 15) is 4.79 Å². The molecule has 1 aliphatic rings. The standard InChI is InChI=1S/C20H21N3O2/c1-3-13-5-6-18-16(7-13)14(12-25-18)8-20(24)23-10-15-9-21-19(4-2)22-17(15)11-23/h5-7,9,12H,3-4,8,10-11H2,1-2H3. The minimum atomic E-state index is 0.0978. The monoisotopic (exact) mass is 335 g/mol. The number of rotatable bonds is 4. The van der Waals surface area contributed by atoms with Gasteiger partial charge in [-0.3, -0.25) is 4.79 Å². The number of hydrogen-bond acceptors (Lipinski definition) is 4. The number of aryl methyl sites for hydroxylation is 2. The molecule has 0 N–H and O–H groups in total. The molecule has 1 aliphatic heterocycles. The highest BCUT2D eigenvalue weighted by atomic mass is 16.3. The zero-order valence-electron chi connectivity index (χ0n) is 14.6. The van der Waals surface area contributed by atoms with E-state index in [1.54, 1.807) is 6.26 Å². The minimum Gasteiger partial charge on any atom is -0.464 e. The Balaban J connectivity index is 1.53.